The molecule has 0 aliphatic heterocycles. The Balaban J connectivity index is 2.83. The zero-order chi connectivity index (χ0) is 10.1. The minimum atomic E-state index is -0.162. The Labute approximate surface area is 85.3 Å². The number of hydrogen-bond donors (Lipinski definition) is 1. The van der Waals surface area contributed by atoms with Crippen molar-refractivity contribution in [3.63, 3.8) is 0 Å². The van der Waals surface area contributed by atoms with E-state index in [1.165, 1.54) is 6.07 Å². The van der Waals surface area contributed by atoms with E-state index in [1.807, 2.05) is 6.07 Å². The van der Waals surface area contributed by atoms with Gasteiger partial charge in [0.05, 0.1) is 17.6 Å². The van der Waals surface area contributed by atoms with E-state index in [0.717, 1.165) is 5.39 Å². The molecule has 0 amide bonds. The zero-order valence-electron chi connectivity index (χ0n) is 7.50. The van der Waals surface area contributed by atoms with Crippen LogP contribution in [0.1, 0.15) is 0 Å². The summed E-state index contributed by atoms with van der Waals surface area (Å²) < 4.78 is 5.06. The van der Waals surface area contributed by atoms with Gasteiger partial charge in [0.25, 0.3) is 0 Å². The second kappa shape index (κ2) is 3.35. The van der Waals surface area contributed by atoms with Gasteiger partial charge in [0.1, 0.15) is 5.75 Å². The average molecular weight is 210 g/mol. The van der Waals surface area contributed by atoms with Crippen molar-refractivity contribution in [3.8, 4) is 5.75 Å². The lowest BCUT2D eigenvalue weighted by Crippen LogP contribution is -2.02. The topological polar surface area (TPSA) is 42.1 Å². The van der Waals surface area contributed by atoms with Crippen LogP contribution in [0.2, 0.25) is 5.02 Å². The maximum Gasteiger partial charge on any atom is 0.248 e. The molecule has 0 aliphatic rings. The molecule has 0 fully saturated rings. The summed E-state index contributed by atoms with van der Waals surface area (Å²) in [7, 11) is 1.57. The summed E-state index contributed by atoms with van der Waals surface area (Å²) in [6.45, 7) is 0. The molecule has 0 aliphatic carbocycles. The van der Waals surface area contributed by atoms with E-state index in [0.29, 0.717) is 16.3 Å². The first-order chi connectivity index (χ1) is 6.70. The number of methoxy groups -OCH3 is 1. The van der Waals surface area contributed by atoms with Crippen LogP contribution in [0.25, 0.3) is 10.9 Å². The number of H-pyrrole nitrogens is 1. The first-order valence-corrected chi connectivity index (χ1v) is 4.45. The van der Waals surface area contributed by atoms with Gasteiger partial charge in [-0.25, -0.2) is 0 Å². The number of benzene rings is 1. The van der Waals surface area contributed by atoms with Crippen LogP contribution in [0.4, 0.5) is 0 Å². The summed E-state index contributed by atoms with van der Waals surface area (Å²) in [5.41, 5.74) is 0.476. The molecule has 2 rings (SSSR count). The fourth-order valence-electron chi connectivity index (χ4n) is 1.31. The molecule has 0 atom stereocenters. The largest absolute Gasteiger partial charge is 0.497 e. The molecule has 72 valence electrons. The third kappa shape index (κ3) is 1.46. The van der Waals surface area contributed by atoms with Crippen LogP contribution < -0.4 is 10.3 Å². The minimum Gasteiger partial charge on any atom is -0.497 e. The molecule has 2 aromatic rings. The van der Waals surface area contributed by atoms with Crippen molar-refractivity contribution in [1.82, 2.24) is 4.98 Å². The summed E-state index contributed by atoms with van der Waals surface area (Å²) >= 11 is 5.96. The molecular formula is C10H8ClNO2. The summed E-state index contributed by atoms with van der Waals surface area (Å²) in [6, 6.07) is 6.65. The first-order valence-electron chi connectivity index (χ1n) is 4.07. The maximum absolute atomic E-state index is 11.0. The maximum atomic E-state index is 11.0. The van der Waals surface area contributed by atoms with E-state index in [2.05, 4.69) is 4.98 Å². The average Bonchev–Trinajstić information content (AvgIpc) is 2.19. The number of aromatic nitrogens is 1. The van der Waals surface area contributed by atoms with Crippen molar-refractivity contribution in [1.29, 1.82) is 0 Å². The third-order valence-electron chi connectivity index (χ3n) is 1.99. The standard InChI is InChI=1S/C10H8ClNO2/c1-14-7-4-6-2-3-9(13)12-10(6)8(11)5-7/h2-5H,1H3,(H,12,13). The number of nitrogens with one attached hydrogen (secondary N) is 1. The molecule has 1 heterocycles. The van der Waals surface area contributed by atoms with E-state index in [-0.39, 0.29) is 5.56 Å². The molecule has 1 aromatic heterocycles. The monoisotopic (exact) mass is 209 g/mol. The number of ether oxygens (including phenoxy) is 1. The number of pyridine rings is 1. The molecule has 1 N–H and O–H groups in total. The molecular weight excluding hydrogens is 202 g/mol. The van der Waals surface area contributed by atoms with Gasteiger partial charge in [-0.2, -0.15) is 0 Å². The van der Waals surface area contributed by atoms with Gasteiger partial charge < -0.3 is 9.72 Å². The summed E-state index contributed by atoms with van der Waals surface area (Å²) in [6.07, 6.45) is 0. The minimum absolute atomic E-state index is 0.162. The van der Waals surface area contributed by atoms with Gasteiger partial charge in [-0.15, -0.1) is 0 Å². The second-order valence-corrected chi connectivity index (χ2v) is 3.30. The van der Waals surface area contributed by atoms with Crippen LogP contribution in [0.3, 0.4) is 0 Å². The van der Waals surface area contributed by atoms with Gasteiger partial charge in [-0.1, -0.05) is 11.6 Å². The molecule has 3 nitrogen and oxygen atoms in total. The van der Waals surface area contributed by atoms with Gasteiger partial charge in [-0.05, 0) is 12.1 Å². The van der Waals surface area contributed by atoms with Gasteiger partial charge >= 0.3 is 0 Å². The number of fused-ring (bicyclic) bond motifs is 1. The lowest BCUT2D eigenvalue weighted by molar-refractivity contribution is 0.415. The van der Waals surface area contributed by atoms with E-state index >= 15 is 0 Å². The fourth-order valence-corrected chi connectivity index (χ4v) is 1.58. The number of aromatic amines is 1. The van der Waals surface area contributed by atoms with Gasteiger partial charge in [0, 0.05) is 17.5 Å². The van der Waals surface area contributed by atoms with Crippen LogP contribution in [0, 0.1) is 0 Å². The Hall–Kier alpha value is -1.48. The normalized spacial score (nSPS) is 10.4. The van der Waals surface area contributed by atoms with Crippen molar-refractivity contribution in [2.45, 2.75) is 0 Å². The Bertz CT molecular complexity index is 533. The first kappa shape index (κ1) is 9.09. The summed E-state index contributed by atoms with van der Waals surface area (Å²) in [4.78, 5) is 13.7. The summed E-state index contributed by atoms with van der Waals surface area (Å²) in [5, 5.41) is 1.34. The number of hydrogen-bond acceptors (Lipinski definition) is 2. The fraction of sp³-hybridized carbons (Fsp3) is 0.100. The van der Waals surface area contributed by atoms with E-state index < -0.39 is 0 Å². The highest BCUT2D eigenvalue weighted by Crippen LogP contribution is 2.26. The van der Waals surface area contributed by atoms with Crippen molar-refractivity contribution >= 4 is 22.5 Å². The van der Waals surface area contributed by atoms with E-state index in [4.69, 9.17) is 16.3 Å². The third-order valence-corrected chi connectivity index (χ3v) is 2.29. The predicted molar refractivity (Wildman–Crippen MR) is 56.1 cm³/mol. The smallest absolute Gasteiger partial charge is 0.248 e. The Morgan fingerprint density at radius 1 is 1.36 bits per heavy atom. The zero-order valence-corrected chi connectivity index (χ0v) is 8.26. The molecule has 0 spiro atoms. The Kier molecular flexibility index (Phi) is 2.17. The summed E-state index contributed by atoms with van der Waals surface area (Å²) in [5.74, 6) is 0.676. The molecule has 0 saturated heterocycles. The number of halogens is 1. The SMILES string of the molecule is COc1cc(Cl)c2[nH]c(=O)ccc2c1. The van der Waals surface area contributed by atoms with Crippen molar-refractivity contribution in [2.75, 3.05) is 7.11 Å². The second-order valence-electron chi connectivity index (χ2n) is 2.90. The quantitative estimate of drug-likeness (QED) is 0.782. The highest BCUT2D eigenvalue weighted by atomic mass is 35.5. The lowest BCUT2D eigenvalue weighted by Gasteiger charge is -2.03. The Morgan fingerprint density at radius 3 is 2.86 bits per heavy atom. The highest BCUT2D eigenvalue weighted by Gasteiger charge is 2.02. The van der Waals surface area contributed by atoms with Crippen LogP contribution >= 0.6 is 11.6 Å². The van der Waals surface area contributed by atoms with Crippen molar-refractivity contribution < 1.29 is 4.74 Å². The lowest BCUT2D eigenvalue weighted by atomic mass is 10.2. The highest BCUT2D eigenvalue weighted by molar-refractivity contribution is 6.35. The number of rotatable bonds is 1. The molecule has 4 heteroatoms. The van der Waals surface area contributed by atoms with Crippen LogP contribution in [-0.2, 0) is 0 Å². The molecule has 0 saturated carbocycles. The van der Waals surface area contributed by atoms with Gasteiger partial charge in [0.15, 0.2) is 0 Å². The molecule has 0 radical (unpaired) electrons. The van der Waals surface area contributed by atoms with Crippen LogP contribution in [-0.4, -0.2) is 12.1 Å². The van der Waals surface area contributed by atoms with Crippen molar-refractivity contribution in [2.24, 2.45) is 0 Å². The van der Waals surface area contributed by atoms with E-state index in [9.17, 15) is 4.79 Å². The predicted octanol–water partition coefficient (Wildman–Crippen LogP) is 2.19. The molecule has 14 heavy (non-hydrogen) atoms. The van der Waals surface area contributed by atoms with Crippen LogP contribution in [0.15, 0.2) is 29.1 Å². The Morgan fingerprint density at radius 2 is 2.14 bits per heavy atom. The molecule has 0 bridgehead atoms. The van der Waals surface area contributed by atoms with Crippen molar-refractivity contribution in [3.05, 3.63) is 39.6 Å². The van der Waals surface area contributed by atoms with Gasteiger partial charge in [-0.3, -0.25) is 4.79 Å². The van der Waals surface area contributed by atoms with E-state index in [1.54, 1.807) is 19.2 Å². The molecule has 1 aromatic carbocycles. The van der Waals surface area contributed by atoms with Gasteiger partial charge in [0.2, 0.25) is 5.56 Å². The van der Waals surface area contributed by atoms with Crippen LogP contribution in [0.5, 0.6) is 5.75 Å². The molecule has 0 unspecified atom stereocenters.